The average Bonchev–Trinajstić information content (AvgIpc) is 2.77. The number of carbonyl (C=O) groups excluding carboxylic acids is 1. The van der Waals surface area contributed by atoms with Crippen LogP contribution in [0.4, 0.5) is 5.95 Å². The van der Waals surface area contributed by atoms with Gasteiger partial charge in [-0.25, -0.2) is 18.4 Å². The zero-order valence-corrected chi connectivity index (χ0v) is 13.2. The fraction of sp³-hybridized carbons (Fsp3) is 0.615. The van der Waals surface area contributed by atoms with E-state index in [0.29, 0.717) is 12.4 Å². The molecule has 1 aromatic heterocycles. The second-order valence-electron chi connectivity index (χ2n) is 5.54. The van der Waals surface area contributed by atoms with Crippen molar-refractivity contribution < 1.29 is 13.2 Å². The molecule has 0 radical (unpaired) electrons. The van der Waals surface area contributed by atoms with E-state index in [1.165, 1.54) is 17.2 Å². The number of hydrogen-bond donors (Lipinski definition) is 1. The molecular formula is C13H20N4O3S. The van der Waals surface area contributed by atoms with E-state index in [1.807, 2.05) is 13.8 Å². The lowest BCUT2D eigenvalue weighted by Crippen LogP contribution is -2.38. The summed E-state index contributed by atoms with van der Waals surface area (Å²) in [6.07, 6.45) is 2.00. The fourth-order valence-electron chi connectivity index (χ4n) is 2.23. The van der Waals surface area contributed by atoms with E-state index in [2.05, 4.69) is 15.3 Å². The minimum atomic E-state index is -3.02. The van der Waals surface area contributed by atoms with Crippen LogP contribution in [-0.4, -0.2) is 59.8 Å². The highest BCUT2D eigenvalue weighted by atomic mass is 32.2. The van der Waals surface area contributed by atoms with E-state index in [-0.39, 0.29) is 35.2 Å². The van der Waals surface area contributed by atoms with Gasteiger partial charge in [0.15, 0.2) is 9.84 Å². The number of carbonyl (C=O) groups is 1. The summed E-state index contributed by atoms with van der Waals surface area (Å²) in [5.74, 6) is 0.269. The number of amides is 1. The summed E-state index contributed by atoms with van der Waals surface area (Å²) in [6.45, 7) is 3.90. The molecule has 8 heteroatoms. The Morgan fingerprint density at radius 2 is 2.19 bits per heavy atom. The van der Waals surface area contributed by atoms with Gasteiger partial charge in [0.2, 0.25) is 5.95 Å². The van der Waals surface area contributed by atoms with Gasteiger partial charge >= 0.3 is 0 Å². The first-order valence-electron chi connectivity index (χ1n) is 6.85. The molecule has 0 spiro atoms. The number of rotatable bonds is 4. The summed E-state index contributed by atoms with van der Waals surface area (Å²) in [5.41, 5.74) is 0.264. The Morgan fingerprint density at radius 1 is 1.48 bits per heavy atom. The maximum atomic E-state index is 12.4. The van der Waals surface area contributed by atoms with Crippen LogP contribution < -0.4 is 5.32 Å². The molecule has 0 aromatic carbocycles. The van der Waals surface area contributed by atoms with Crippen LogP contribution in [0.3, 0.4) is 0 Å². The Kier molecular flexibility index (Phi) is 4.46. The smallest absolute Gasteiger partial charge is 0.272 e. The van der Waals surface area contributed by atoms with Gasteiger partial charge in [0.25, 0.3) is 5.91 Å². The van der Waals surface area contributed by atoms with Crippen molar-refractivity contribution in [1.82, 2.24) is 14.9 Å². The zero-order chi connectivity index (χ0) is 15.6. The van der Waals surface area contributed by atoms with Crippen molar-refractivity contribution in [3.63, 3.8) is 0 Å². The van der Waals surface area contributed by atoms with Crippen LogP contribution in [0, 0.1) is 0 Å². The van der Waals surface area contributed by atoms with Crippen LogP contribution in [-0.2, 0) is 9.84 Å². The monoisotopic (exact) mass is 312 g/mol. The van der Waals surface area contributed by atoms with Crippen LogP contribution in [0.5, 0.6) is 0 Å². The topological polar surface area (TPSA) is 92.3 Å². The lowest BCUT2D eigenvalue weighted by Gasteiger charge is -2.23. The van der Waals surface area contributed by atoms with Gasteiger partial charge in [-0.1, -0.05) is 0 Å². The number of nitrogens with one attached hydrogen (secondary N) is 1. The zero-order valence-electron chi connectivity index (χ0n) is 12.4. The van der Waals surface area contributed by atoms with Gasteiger partial charge in [0.1, 0.15) is 5.69 Å². The van der Waals surface area contributed by atoms with Gasteiger partial charge in [-0.05, 0) is 26.3 Å². The maximum Gasteiger partial charge on any atom is 0.272 e. The molecular weight excluding hydrogens is 292 g/mol. The predicted molar refractivity (Wildman–Crippen MR) is 79.9 cm³/mol. The molecule has 1 fully saturated rings. The molecule has 21 heavy (non-hydrogen) atoms. The second-order valence-corrected chi connectivity index (χ2v) is 7.77. The van der Waals surface area contributed by atoms with Crippen molar-refractivity contribution >= 4 is 21.7 Å². The summed E-state index contributed by atoms with van der Waals surface area (Å²) in [5, 5.41) is 3.03. The number of aromatic nitrogens is 2. The highest BCUT2D eigenvalue weighted by Gasteiger charge is 2.33. The Morgan fingerprint density at radius 3 is 2.76 bits per heavy atom. The molecule has 1 saturated heterocycles. The standard InChI is InChI=1S/C13H20N4O3S/c1-9(2)15-13-14-6-4-11(16-13)12(18)17(3)10-5-7-21(19,20)8-10/h4,6,9-10H,5,7-8H2,1-3H3,(H,14,15,16). The predicted octanol–water partition coefficient (Wildman–Crippen LogP) is 0.556. The molecule has 0 saturated carbocycles. The summed E-state index contributed by atoms with van der Waals surface area (Å²) in [6, 6.07) is 1.42. The van der Waals surface area contributed by atoms with Gasteiger partial charge in [-0.3, -0.25) is 4.79 Å². The van der Waals surface area contributed by atoms with Crippen molar-refractivity contribution in [2.24, 2.45) is 0 Å². The van der Waals surface area contributed by atoms with Crippen LogP contribution in [0.15, 0.2) is 12.3 Å². The average molecular weight is 312 g/mol. The summed E-state index contributed by atoms with van der Waals surface area (Å²) in [4.78, 5) is 22.1. The molecule has 1 N–H and O–H groups in total. The number of anilines is 1. The van der Waals surface area contributed by atoms with Crippen molar-refractivity contribution in [3.05, 3.63) is 18.0 Å². The first-order chi connectivity index (χ1) is 9.78. The van der Waals surface area contributed by atoms with Crippen molar-refractivity contribution in [3.8, 4) is 0 Å². The van der Waals surface area contributed by atoms with E-state index < -0.39 is 9.84 Å². The molecule has 1 unspecified atom stereocenters. The molecule has 1 aliphatic heterocycles. The van der Waals surface area contributed by atoms with Gasteiger partial charge in [-0.15, -0.1) is 0 Å². The maximum absolute atomic E-state index is 12.4. The SMILES string of the molecule is CC(C)Nc1nccc(C(=O)N(C)C2CCS(=O)(=O)C2)n1. The Bertz CT molecular complexity index is 630. The first-order valence-corrected chi connectivity index (χ1v) is 8.68. The molecule has 1 amide bonds. The minimum absolute atomic E-state index is 0.0252. The summed E-state index contributed by atoms with van der Waals surface area (Å²) < 4.78 is 23.0. The third-order valence-electron chi connectivity index (χ3n) is 3.37. The van der Waals surface area contributed by atoms with Gasteiger partial charge in [0.05, 0.1) is 11.5 Å². The molecule has 7 nitrogen and oxygen atoms in total. The molecule has 1 aliphatic rings. The van der Waals surface area contributed by atoms with E-state index in [9.17, 15) is 13.2 Å². The Balaban J connectivity index is 2.12. The summed E-state index contributed by atoms with van der Waals surface area (Å²) >= 11 is 0. The Labute approximate surface area is 124 Å². The van der Waals surface area contributed by atoms with Crippen LogP contribution in [0.25, 0.3) is 0 Å². The third-order valence-corrected chi connectivity index (χ3v) is 5.12. The minimum Gasteiger partial charge on any atom is -0.352 e. The molecule has 1 aromatic rings. The fourth-order valence-corrected chi connectivity index (χ4v) is 4.01. The van der Waals surface area contributed by atoms with E-state index in [0.717, 1.165) is 0 Å². The second kappa shape index (κ2) is 5.97. The number of sulfone groups is 1. The molecule has 2 rings (SSSR count). The van der Waals surface area contributed by atoms with Crippen molar-refractivity contribution in [1.29, 1.82) is 0 Å². The number of nitrogens with zero attached hydrogens (tertiary/aromatic N) is 3. The third kappa shape index (κ3) is 3.90. The lowest BCUT2D eigenvalue weighted by atomic mass is 10.2. The molecule has 1 atom stereocenters. The molecule has 116 valence electrons. The normalized spacial score (nSPS) is 20.5. The van der Waals surface area contributed by atoms with Gasteiger partial charge in [0, 0.05) is 25.3 Å². The largest absolute Gasteiger partial charge is 0.352 e. The van der Waals surface area contributed by atoms with Crippen LogP contribution in [0.1, 0.15) is 30.8 Å². The molecule has 0 bridgehead atoms. The van der Waals surface area contributed by atoms with Crippen molar-refractivity contribution in [2.75, 3.05) is 23.9 Å². The van der Waals surface area contributed by atoms with Gasteiger partial charge < -0.3 is 10.2 Å². The quantitative estimate of drug-likeness (QED) is 0.873. The molecule has 2 heterocycles. The Hall–Kier alpha value is -1.70. The van der Waals surface area contributed by atoms with Crippen LogP contribution >= 0.6 is 0 Å². The van der Waals surface area contributed by atoms with Crippen LogP contribution in [0.2, 0.25) is 0 Å². The van der Waals surface area contributed by atoms with E-state index in [4.69, 9.17) is 0 Å². The highest BCUT2D eigenvalue weighted by molar-refractivity contribution is 7.91. The summed E-state index contributed by atoms with van der Waals surface area (Å²) in [7, 11) is -1.40. The lowest BCUT2D eigenvalue weighted by molar-refractivity contribution is 0.0741. The molecule has 0 aliphatic carbocycles. The number of hydrogen-bond acceptors (Lipinski definition) is 6. The first kappa shape index (κ1) is 15.7. The highest BCUT2D eigenvalue weighted by Crippen LogP contribution is 2.18. The van der Waals surface area contributed by atoms with E-state index >= 15 is 0 Å². The van der Waals surface area contributed by atoms with Gasteiger partial charge in [-0.2, -0.15) is 0 Å². The van der Waals surface area contributed by atoms with E-state index in [1.54, 1.807) is 7.05 Å². The van der Waals surface area contributed by atoms with Crippen molar-refractivity contribution in [2.45, 2.75) is 32.4 Å².